The third kappa shape index (κ3) is 7.51. The molecule has 2 aromatic carbocycles. The van der Waals surface area contributed by atoms with E-state index >= 15 is 0 Å². The Morgan fingerprint density at radius 3 is 2.34 bits per heavy atom. The number of nitrogens with zero attached hydrogens (tertiary/aromatic N) is 2. The lowest BCUT2D eigenvalue weighted by Crippen LogP contribution is -2.47. The summed E-state index contributed by atoms with van der Waals surface area (Å²) in [7, 11) is 1.60. The molecule has 204 valence electrons. The van der Waals surface area contributed by atoms with E-state index in [1.54, 1.807) is 25.2 Å². The molecular formula is C29H38ClN5O3. The second-order valence-corrected chi connectivity index (χ2v) is 11.3. The van der Waals surface area contributed by atoms with Crippen molar-refractivity contribution in [2.75, 3.05) is 13.6 Å². The maximum atomic E-state index is 13.1. The number of aryl methyl sites for hydroxylation is 1. The number of benzene rings is 2. The number of likely N-dealkylation sites (N-methyl/N-ethyl adjacent to an activating group) is 1. The van der Waals surface area contributed by atoms with Crippen molar-refractivity contribution >= 4 is 23.5 Å². The highest BCUT2D eigenvalue weighted by Crippen LogP contribution is 2.28. The van der Waals surface area contributed by atoms with Crippen LogP contribution in [0.1, 0.15) is 62.1 Å². The Kier molecular flexibility index (Phi) is 9.09. The van der Waals surface area contributed by atoms with Crippen molar-refractivity contribution in [3.63, 3.8) is 0 Å². The molecular weight excluding hydrogens is 502 g/mol. The van der Waals surface area contributed by atoms with Gasteiger partial charge in [-0.15, -0.1) is 0 Å². The number of rotatable bonds is 9. The van der Waals surface area contributed by atoms with Crippen LogP contribution < -0.4 is 15.8 Å². The number of aromatic nitrogens is 2. The number of halogens is 1. The molecule has 0 radical (unpaired) electrons. The van der Waals surface area contributed by atoms with Crippen LogP contribution in [0.25, 0.3) is 11.3 Å². The molecule has 1 heterocycles. The predicted octanol–water partition coefficient (Wildman–Crippen LogP) is 5.47. The molecule has 0 spiro atoms. The standard InChI is InChI=1S/C29H38ClN5O3/c1-17(2)38-24-13-12-21(15-23(24)30)26(36)33-22(16-35(7)28(31)37)14-19-8-10-20(11-9-19)25-18(3)32-27(34-25)29(4,5)6/h8-13,15,17,22H,14,16H2,1-7H3,(H2,31,37)(H,32,34)(H,33,36). The zero-order chi connectivity index (χ0) is 28.2. The highest BCUT2D eigenvalue weighted by Gasteiger charge is 2.21. The van der Waals surface area contributed by atoms with Gasteiger partial charge in [0.2, 0.25) is 0 Å². The first kappa shape index (κ1) is 29.0. The highest BCUT2D eigenvalue weighted by atomic mass is 35.5. The Morgan fingerprint density at radius 2 is 1.82 bits per heavy atom. The number of ether oxygens (including phenoxy) is 1. The van der Waals surface area contributed by atoms with Crippen LogP contribution in [0.5, 0.6) is 5.75 Å². The van der Waals surface area contributed by atoms with Gasteiger partial charge in [-0.3, -0.25) is 4.79 Å². The third-order valence-corrected chi connectivity index (χ3v) is 6.36. The molecule has 0 aliphatic carbocycles. The van der Waals surface area contributed by atoms with E-state index in [0.717, 1.165) is 28.3 Å². The van der Waals surface area contributed by atoms with Gasteiger partial charge in [-0.2, -0.15) is 0 Å². The van der Waals surface area contributed by atoms with Gasteiger partial charge in [0.05, 0.1) is 22.9 Å². The first-order valence-electron chi connectivity index (χ1n) is 12.7. The SMILES string of the molecule is Cc1[nH]c(C(C)(C)C)nc1-c1ccc(CC(CN(C)C(N)=O)NC(=O)c2ccc(OC(C)C)c(Cl)c2)cc1. The number of imidazole rings is 1. The van der Waals surface area contributed by atoms with Crippen LogP contribution in [0.3, 0.4) is 0 Å². The van der Waals surface area contributed by atoms with Gasteiger partial charge in [0.15, 0.2) is 0 Å². The number of hydrogen-bond donors (Lipinski definition) is 3. The summed E-state index contributed by atoms with van der Waals surface area (Å²) in [6.07, 6.45) is 0.461. The summed E-state index contributed by atoms with van der Waals surface area (Å²) in [5.74, 6) is 1.16. The van der Waals surface area contributed by atoms with Gasteiger partial charge in [-0.1, -0.05) is 56.6 Å². The molecule has 38 heavy (non-hydrogen) atoms. The summed E-state index contributed by atoms with van der Waals surface area (Å²) in [4.78, 5) is 34.4. The first-order valence-corrected chi connectivity index (χ1v) is 13.1. The monoisotopic (exact) mass is 539 g/mol. The van der Waals surface area contributed by atoms with Gasteiger partial charge in [0.25, 0.3) is 5.91 Å². The van der Waals surface area contributed by atoms with E-state index in [9.17, 15) is 9.59 Å². The van der Waals surface area contributed by atoms with Crippen LogP contribution in [0.4, 0.5) is 4.79 Å². The minimum Gasteiger partial charge on any atom is -0.489 e. The summed E-state index contributed by atoms with van der Waals surface area (Å²) < 4.78 is 5.66. The molecule has 4 N–H and O–H groups in total. The largest absolute Gasteiger partial charge is 0.489 e. The summed E-state index contributed by atoms with van der Waals surface area (Å²) in [6.45, 7) is 12.4. The van der Waals surface area contributed by atoms with Crippen molar-refractivity contribution in [2.24, 2.45) is 5.73 Å². The van der Waals surface area contributed by atoms with Crippen molar-refractivity contribution in [1.82, 2.24) is 20.2 Å². The Bertz CT molecular complexity index is 1280. The molecule has 3 amide bonds. The van der Waals surface area contributed by atoms with Crippen molar-refractivity contribution in [3.05, 3.63) is 70.1 Å². The van der Waals surface area contributed by atoms with Crippen molar-refractivity contribution < 1.29 is 14.3 Å². The molecule has 3 rings (SSSR count). The number of nitrogens with two attached hydrogens (primary N) is 1. The lowest BCUT2D eigenvalue weighted by atomic mass is 9.96. The van der Waals surface area contributed by atoms with E-state index < -0.39 is 6.03 Å². The normalized spacial score (nSPS) is 12.3. The minimum absolute atomic E-state index is 0.0373. The molecule has 3 aromatic rings. The fraction of sp³-hybridized carbons (Fsp3) is 0.414. The summed E-state index contributed by atoms with van der Waals surface area (Å²) >= 11 is 6.33. The average molecular weight is 540 g/mol. The van der Waals surface area contributed by atoms with Crippen LogP contribution in [0.15, 0.2) is 42.5 Å². The lowest BCUT2D eigenvalue weighted by Gasteiger charge is -2.24. The second-order valence-electron chi connectivity index (χ2n) is 10.9. The highest BCUT2D eigenvalue weighted by molar-refractivity contribution is 6.32. The summed E-state index contributed by atoms with van der Waals surface area (Å²) in [5.41, 5.74) is 9.72. The molecule has 0 fully saturated rings. The second kappa shape index (κ2) is 11.9. The van der Waals surface area contributed by atoms with Gasteiger partial charge >= 0.3 is 6.03 Å². The average Bonchev–Trinajstić information content (AvgIpc) is 3.22. The Balaban J connectivity index is 1.78. The van der Waals surface area contributed by atoms with E-state index in [4.69, 9.17) is 27.1 Å². The number of urea groups is 1. The number of carbonyl (C=O) groups excluding carboxylic acids is 2. The van der Waals surface area contributed by atoms with Gasteiger partial charge in [-0.05, 0) is 51.0 Å². The quantitative estimate of drug-likeness (QED) is 0.334. The van der Waals surface area contributed by atoms with Crippen molar-refractivity contribution in [1.29, 1.82) is 0 Å². The maximum absolute atomic E-state index is 13.1. The number of carbonyl (C=O) groups is 2. The Hall–Kier alpha value is -3.52. The van der Waals surface area contributed by atoms with Gasteiger partial charge < -0.3 is 25.7 Å². The predicted molar refractivity (Wildman–Crippen MR) is 152 cm³/mol. The van der Waals surface area contributed by atoms with Crippen molar-refractivity contribution in [2.45, 2.75) is 65.5 Å². The molecule has 0 saturated heterocycles. The molecule has 0 aliphatic heterocycles. The molecule has 9 heteroatoms. The lowest BCUT2D eigenvalue weighted by molar-refractivity contribution is 0.0929. The molecule has 0 aliphatic rings. The number of primary amides is 1. The van der Waals surface area contributed by atoms with E-state index in [1.807, 2.05) is 45.0 Å². The van der Waals surface area contributed by atoms with E-state index in [1.165, 1.54) is 4.90 Å². The van der Waals surface area contributed by atoms with Crippen LogP contribution in [-0.2, 0) is 11.8 Å². The van der Waals surface area contributed by atoms with Crippen molar-refractivity contribution in [3.8, 4) is 17.0 Å². The molecule has 1 atom stereocenters. The molecule has 0 bridgehead atoms. The number of H-pyrrole nitrogens is 1. The van der Waals surface area contributed by atoms with E-state index in [2.05, 4.69) is 31.1 Å². The third-order valence-electron chi connectivity index (χ3n) is 6.07. The fourth-order valence-electron chi connectivity index (χ4n) is 4.02. The smallest absolute Gasteiger partial charge is 0.314 e. The molecule has 0 saturated carbocycles. The molecule has 8 nitrogen and oxygen atoms in total. The van der Waals surface area contributed by atoms with Crippen LogP contribution in [-0.4, -0.2) is 52.5 Å². The Morgan fingerprint density at radius 1 is 1.16 bits per heavy atom. The minimum atomic E-state index is -0.568. The first-order chi connectivity index (χ1) is 17.7. The van der Waals surface area contributed by atoms with Gasteiger partial charge in [0.1, 0.15) is 11.6 Å². The van der Waals surface area contributed by atoms with Crippen LogP contribution in [0.2, 0.25) is 5.02 Å². The topological polar surface area (TPSA) is 113 Å². The number of aromatic amines is 1. The summed E-state index contributed by atoms with van der Waals surface area (Å²) in [6, 6.07) is 12.1. The van der Waals surface area contributed by atoms with Gasteiger partial charge in [0, 0.05) is 35.8 Å². The van der Waals surface area contributed by atoms with Gasteiger partial charge in [-0.25, -0.2) is 9.78 Å². The summed E-state index contributed by atoms with van der Waals surface area (Å²) in [5, 5.41) is 3.38. The maximum Gasteiger partial charge on any atom is 0.314 e. The number of nitrogens with one attached hydrogen (secondary N) is 2. The number of amides is 3. The van der Waals surface area contributed by atoms with Crippen LogP contribution >= 0.6 is 11.6 Å². The molecule has 1 aromatic heterocycles. The zero-order valence-electron chi connectivity index (χ0n) is 23.2. The van der Waals surface area contributed by atoms with E-state index in [-0.39, 0.29) is 30.0 Å². The number of hydrogen-bond acceptors (Lipinski definition) is 4. The zero-order valence-corrected chi connectivity index (χ0v) is 23.9. The van der Waals surface area contributed by atoms with Crippen LogP contribution in [0, 0.1) is 6.92 Å². The van der Waals surface area contributed by atoms with E-state index in [0.29, 0.717) is 22.8 Å². The molecule has 1 unspecified atom stereocenters. The fourth-order valence-corrected chi connectivity index (χ4v) is 4.25. The Labute approximate surface area is 229 Å².